The van der Waals surface area contributed by atoms with E-state index in [9.17, 15) is 4.79 Å². The Kier molecular flexibility index (Phi) is 3.56. The summed E-state index contributed by atoms with van der Waals surface area (Å²) in [6, 6.07) is 3.77. The van der Waals surface area contributed by atoms with Gasteiger partial charge in [0.2, 0.25) is 0 Å². The fourth-order valence-corrected chi connectivity index (χ4v) is 3.03. The van der Waals surface area contributed by atoms with Crippen LogP contribution in [0.5, 0.6) is 0 Å². The number of hydrogen-bond donors (Lipinski definition) is 2. The third kappa shape index (κ3) is 2.36. The molecule has 1 saturated carbocycles. The summed E-state index contributed by atoms with van der Waals surface area (Å²) in [6.45, 7) is 2.05. The number of hydrogen-bond acceptors (Lipinski definition) is 3. The Balaban J connectivity index is 0.00000121. The van der Waals surface area contributed by atoms with Crippen LogP contribution in [0.2, 0.25) is 0 Å². The van der Waals surface area contributed by atoms with E-state index in [4.69, 9.17) is 5.10 Å². The highest BCUT2D eigenvalue weighted by Gasteiger charge is 2.27. The topological polar surface area (TPSA) is 62.2 Å². The van der Waals surface area contributed by atoms with Gasteiger partial charge in [-0.3, -0.25) is 4.79 Å². The van der Waals surface area contributed by atoms with E-state index in [-0.39, 0.29) is 18.0 Å². The van der Waals surface area contributed by atoms with Crippen LogP contribution in [-0.4, -0.2) is 27.7 Å². The standard InChI is InChI=1S/C14H18N4O.ClH/c19-14-8-12(10-3-5-15-6-4-10)18-13(16-14)7-11(17-18)9-1-2-9;/h7-10,15H,1-6H2,(H,16,19);1H. The first kappa shape index (κ1) is 13.6. The number of aromatic amines is 1. The van der Waals surface area contributed by atoms with Gasteiger partial charge in [-0.1, -0.05) is 0 Å². The molecule has 2 aliphatic rings. The summed E-state index contributed by atoms with van der Waals surface area (Å²) in [6.07, 6.45) is 4.63. The van der Waals surface area contributed by atoms with Gasteiger partial charge >= 0.3 is 0 Å². The summed E-state index contributed by atoms with van der Waals surface area (Å²) >= 11 is 0. The molecule has 0 aromatic carbocycles. The van der Waals surface area contributed by atoms with Crippen LogP contribution in [-0.2, 0) is 0 Å². The highest BCUT2D eigenvalue weighted by Crippen LogP contribution is 2.39. The van der Waals surface area contributed by atoms with Gasteiger partial charge in [-0.2, -0.15) is 5.10 Å². The second kappa shape index (κ2) is 5.22. The van der Waals surface area contributed by atoms with Gasteiger partial charge in [-0.15, -0.1) is 12.4 Å². The van der Waals surface area contributed by atoms with Crippen molar-refractivity contribution >= 4 is 18.1 Å². The van der Waals surface area contributed by atoms with Gasteiger partial charge in [0.25, 0.3) is 5.56 Å². The predicted octanol–water partition coefficient (Wildman–Crippen LogP) is 1.79. The lowest BCUT2D eigenvalue weighted by atomic mass is 9.94. The number of aromatic nitrogens is 3. The lowest BCUT2D eigenvalue weighted by Gasteiger charge is -2.23. The molecule has 4 rings (SSSR count). The molecule has 0 radical (unpaired) electrons. The normalized spacial score (nSPS) is 20.0. The van der Waals surface area contributed by atoms with E-state index in [0.717, 1.165) is 43.0 Å². The van der Waals surface area contributed by atoms with Crippen molar-refractivity contribution in [3.63, 3.8) is 0 Å². The minimum absolute atomic E-state index is 0. The van der Waals surface area contributed by atoms with Crippen molar-refractivity contribution in [1.29, 1.82) is 0 Å². The second-order valence-electron chi connectivity index (χ2n) is 5.72. The Morgan fingerprint density at radius 3 is 2.55 bits per heavy atom. The van der Waals surface area contributed by atoms with Crippen LogP contribution < -0.4 is 10.9 Å². The fourth-order valence-electron chi connectivity index (χ4n) is 3.03. The molecule has 108 valence electrons. The summed E-state index contributed by atoms with van der Waals surface area (Å²) in [5.74, 6) is 1.06. The summed E-state index contributed by atoms with van der Waals surface area (Å²) < 4.78 is 1.96. The maximum Gasteiger partial charge on any atom is 0.251 e. The molecule has 2 fully saturated rings. The van der Waals surface area contributed by atoms with E-state index in [1.165, 1.54) is 12.8 Å². The summed E-state index contributed by atoms with van der Waals surface area (Å²) in [5, 5.41) is 8.08. The van der Waals surface area contributed by atoms with Crippen LogP contribution in [0.1, 0.15) is 48.9 Å². The molecule has 0 spiro atoms. The second-order valence-corrected chi connectivity index (χ2v) is 5.72. The zero-order chi connectivity index (χ0) is 12.8. The van der Waals surface area contributed by atoms with Crippen molar-refractivity contribution < 1.29 is 0 Å². The monoisotopic (exact) mass is 294 g/mol. The Hall–Kier alpha value is -1.33. The minimum atomic E-state index is -0.0109. The lowest BCUT2D eigenvalue weighted by Crippen LogP contribution is -2.28. The highest BCUT2D eigenvalue weighted by molar-refractivity contribution is 5.85. The van der Waals surface area contributed by atoms with Crippen LogP contribution in [0.15, 0.2) is 16.9 Å². The average Bonchev–Trinajstić information content (AvgIpc) is 3.19. The molecular weight excluding hydrogens is 276 g/mol. The molecule has 0 bridgehead atoms. The Morgan fingerprint density at radius 2 is 1.85 bits per heavy atom. The van der Waals surface area contributed by atoms with Gasteiger partial charge in [0.15, 0.2) is 0 Å². The van der Waals surface area contributed by atoms with Gasteiger partial charge in [-0.05, 0) is 38.8 Å². The van der Waals surface area contributed by atoms with Gasteiger partial charge in [0.05, 0.1) is 11.4 Å². The third-order valence-corrected chi connectivity index (χ3v) is 4.26. The SMILES string of the molecule is Cl.O=c1cc(C2CCNCC2)n2nc(C3CC3)cc2[nH]1. The summed E-state index contributed by atoms with van der Waals surface area (Å²) in [7, 11) is 0. The molecule has 0 amide bonds. The van der Waals surface area contributed by atoms with Crippen molar-refractivity contribution in [3.8, 4) is 0 Å². The quantitative estimate of drug-likeness (QED) is 0.888. The van der Waals surface area contributed by atoms with Crippen molar-refractivity contribution in [2.45, 2.75) is 37.5 Å². The highest BCUT2D eigenvalue weighted by atomic mass is 35.5. The number of nitrogens with zero attached hydrogens (tertiary/aromatic N) is 2. The number of piperidine rings is 1. The largest absolute Gasteiger partial charge is 0.317 e. The zero-order valence-corrected chi connectivity index (χ0v) is 12.1. The molecule has 2 N–H and O–H groups in total. The summed E-state index contributed by atoms with van der Waals surface area (Å²) in [4.78, 5) is 14.7. The van der Waals surface area contributed by atoms with Crippen LogP contribution in [0.3, 0.4) is 0 Å². The molecule has 20 heavy (non-hydrogen) atoms. The van der Waals surface area contributed by atoms with Crippen LogP contribution in [0.4, 0.5) is 0 Å². The van der Waals surface area contributed by atoms with Crippen molar-refractivity contribution in [1.82, 2.24) is 19.9 Å². The molecule has 2 aromatic heterocycles. The molecule has 1 aliphatic carbocycles. The number of fused-ring (bicyclic) bond motifs is 1. The van der Waals surface area contributed by atoms with Gasteiger partial charge < -0.3 is 10.3 Å². The van der Waals surface area contributed by atoms with E-state index in [2.05, 4.69) is 10.3 Å². The number of nitrogens with one attached hydrogen (secondary N) is 2. The first-order valence-corrected chi connectivity index (χ1v) is 7.15. The molecule has 1 saturated heterocycles. The number of H-pyrrole nitrogens is 1. The van der Waals surface area contributed by atoms with Gasteiger partial charge in [-0.25, -0.2) is 4.52 Å². The molecule has 0 unspecified atom stereocenters. The molecule has 1 aliphatic heterocycles. The molecule has 0 atom stereocenters. The number of halogens is 1. The third-order valence-electron chi connectivity index (χ3n) is 4.26. The van der Waals surface area contributed by atoms with Crippen LogP contribution in [0.25, 0.3) is 5.65 Å². The Bertz CT molecular complexity index is 667. The molecule has 2 aromatic rings. The first-order chi connectivity index (χ1) is 9.31. The minimum Gasteiger partial charge on any atom is -0.317 e. The summed E-state index contributed by atoms with van der Waals surface area (Å²) in [5.41, 5.74) is 3.05. The first-order valence-electron chi connectivity index (χ1n) is 7.15. The Morgan fingerprint density at radius 1 is 1.10 bits per heavy atom. The maximum absolute atomic E-state index is 11.8. The molecular formula is C14H19ClN4O. The van der Waals surface area contributed by atoms with E-state index < -0.39 is 0 Å². The predicted molar refractivity (Wildman–Crippen MR) is 79.9 cm³/mol. The van der Waals surface area contributed by atoms with Crippen LogP contribution >= 0.6 is 12.4 Å². The van der Waals surface area contributed by atoms with Gasteiger partial charge in [0.1, 0.15) is 5.65 Å². The van der Waals surface area contributed by atoms with Crippen molar-refractivity contribution in [2.24, 2.45) is 0 Å². The van der Waals surface area contributed by atoms with E-state index in [0.29, 0.717) is 11.8 Å². The van der Waals surface area contributed by atoms with Gasteiger partial charge in [0, 0.05) is 24.0 Å². The molecule has 3 heterocycles. The zero-order valence-electron chi connectivity index (χ0n) is 11.3. The maximum atomic E-state index is 11.8. The molecule has 6 heteroatoms. The van der Waals surface area contributed by atoms with Crippen molar-refractivity contribution in [2.75, 3.05) is 13.1 Å². The average molecular weight is 295 g/mol. The van der Waals surface area contributed by atoms with E-state index in [1.54, 1.807) is 6.07 Å². The number of rotatable bonds is 2. The molecule has 5 nitrogen and oxygen atoms in total. The van der Waals surface area contributed by atoms with Crippen LogP contribution in [0, 0.1) is 0 Å². The smallest absolute Gasteiger partial charge is 0.251 e. The van der Waals surface area contributed by atoms with E-state index in [1.807, 2.05) is 10.6 Å². The fraction of sp³-hybridized carbons (Fsp3) is 0.571. The lowest BCUT2D eigenvalue weighted by molar-refractivity contribution is 0.446. The Labute approximate surface area is 123 Å². The van der Waals surface area contributed by atoms with Crippen molar-refractivity contribution in [3.05, 3.63) is 33.9 Å². The van der Waals surface area contributed by atoms with E-state index >= 15 is 0 Å².